The smallest absolute Gasteiger partial charge is 0.326 e. The standard InChI is InChI=1S/C50H43Cl2N5O9S/c51-41-15-5-33(21-42(41)52)29-64-39-12-10-36(11-13-39)47-30-65-45-24-37-23-44(49(58)55-43(50(59)60)22-31-1-6-34(7-2-31)35-8-3-32(26-53)4-9-35)57(28-38(37)25-46(45)66-47)67(61,62)40-14-16-48(54-27-40)56-17-19-63-20-18-56/h1-16,21,24-25,27,43-44,47H,17-20,22-23,28-30H2,(H,55,58)(H,59,60)/t43-,44?,47+/m0/s1. The number of benzene rings is 5. The minimum absolute atomic E-state index is 0.0635. The van der Waals surface area contributed by atoms with Gasteiger partial charge in [0.2, 0.25) is 15.9 Å². The fourth-order valence-corrected chi connectivity index (χ4v) is 10.1. The molecule has 0 aliphatic carbocycles. The number of nitrogens with one attached hydrogen (secondary N) is 1. The highest BCUT2D eigenvalue weighted by molar-refractivity contribution is 7.89. The van der Waals surface area contributed by atoms with Crippen LogP contribution in [-0.2, 0) is 50.3 Å². The number of fused-ring (bicyclic) bond motifs is 2. The predicted octanol–water partition coefficient (Wildman–Crippen LogP) is 7.78. The number of sulfonamides is 1. The zero-order valence-corrected chi connectivity index (χ0v) is 38.1. The molecule has 1 unspecified atom stereocenters. The monoisotopic (exact) mass is 959 g/mol. The molecular weight excluding hydrogens is 918 g/mol. The lowest BCUT2D eigenvalue weighted by atomic mass is 9.94. The second kappa shape index (κ2) is 19.7. The molecule has 67 heavy (non-hydrogen) atoms. The second-order valence-corrected chi connectivity index (χ2v) is 19.0. The van der Waals surface area contributed by atoms with Gasteiger partial charge in [-0.2, -0.15) is 9.57 Å². The number of hydrogen-bond donors (Lipinski definition) is 2. The van der Waals surface area contributed by atoms with Gasteiger partial charge >= 0.3 is 5.97 Å². The Hall–Kier alpha value is -6.67. The molecule has 17 heteroatoms. The van der Waals surface area contributed by atoms with Crippen LogP contribution in [-0.4, -0.2) is 79.7 Å². The number of halogens is 2. The molecule has 9 rings (SSSR count). The Morgan fingerprint density at radius 1 is 0.866 bits per heavy atom. The van der Waals surface area contributed by atoms with E-state index in [1.54, 1.807) is 54.6 Å². The molecular formula is C50H43Cl2N5O9S. The average Bonchev–Trinajstić information content (AvgIpc) is 3.36. The number of ether oxygens (including phenoxy) is 4. The summed E-state index contributed by atoms with van der Waals surface area (Å²) in [4.78, 5) is 33.5. The Balaban J connectivity index is 0.946. The highest BCUT2D eigenvalue weighted by Gasteiger charge is 2.42. The van der Waals surface area contributed by atoms with Gasteiger partial charge in [-0.1, -0.05) is 77.8 Å². The maximum Gasteiger partial charge on any atom is 0.326 e. The summed E-state index contributed by atoms with van der Waals surface area (Å²) in [5.74, 6) is 0.0197. The molecule has 342 valence electrons. The molecule has 0 radical (unpaired) electrons. The summed E-state index contributed by atoms with van der Waals surface area (Å²) in [5, 5.41) is 23.1. The molecule has 3 atom stereocenters. The van der Waals surface area contributed by atoms with E-state index in [-0.39, 0.29) is 30.9 Å². The van der Waals surface area contributed by atoms with Crippen molar-refractivity contribution in [2.75, 3.05) is 37.8 Å². The molecule has 3 aliphatic heterocycles. The topological polar surface area (TPSA) is 181 Å². The van der Waals surface area contributed by atoms with Crippen LogP contribution in [0, 0.1) is 11.3 Å². The SMILES string of the molecule is N#Cc1ccc(-c2ccc(C[C@H](NC(=O)C3Cc4cc5c(cc4CN3S(=O)(=O)c3ccc(N4CCOCC4)nc3)O[C@@H](c3ccc(OCc4ccc(Cl)c(Cl)c4)cc3)CO5)C(=O)O)cc2)cc1. The first-order valence-corrected chi connectivity index (χ1v) is 23.7. The molecule has 1 aromatic heterocycles. The number of aromatic nitrogens is 1. The molecule has 4 heterocycles. The van der Waals surface area contributed by atoms with Crippen LogP contribution in [0.5, 0.6) is 17.2 Å². The lowest BCUT2D eigenvalue weighted by Crippen LogP contribution is -2.55. The molecule has 3 aliphatic rings. The number of anilines is 1. The van der Waals surface area contributed by atoms with Crippen LogP contribution in [0.4, 0.5) is 5.82 Å². The van der Waals surface area contributed by atoms with Crippen LogP contribution in [0.15, 0.2) is 126 Å². The molecule has 6 aromatic rings. The van der Waals surface area contributed by atoms with Crippen molar-refractivity contribution in [2.24, 2.45) is 0 Å². The molecule has 14 nitrogen and oxygen atoms in total. The van der Waals surface area contributed by atoms with E-state index < -0.39 is 40.1 Å². The van der Waals surface area contributed by atoms with Crippen molar-refractivity contribution in [1.29, 1.82) is 5.26 Å². The maximum atomic E-state index is 14.7. The third-order valence-corrected chi connectivity index (χ3v) is 14.6. The molecule has 1 fully saturated rings. The number of morpholine rings is 1. The summed E-state index contributed by atoms with van der Waals surface area (Å²) >= 11 is 12.2. The number of pyridine rings is 1. The number of nitrogens with zero attached hydrogens (tertiary/aromatic N) is 4. The molecule has 0 spiro atoms. The third kappa shape index (κ3) is 10.2. The molecule has 1 amide bonds. The van der Waals surface area contributed by atoms with Gasteiger partial charge in [-0.25, -0.2) is 18.2 Å². The maximum absolute atomic E-state index is 14.7. The summed E-state index contributed by atoms with van der Waals surface area (Å²) in [7, 11) is -4.40. The minimum Gasteiger partial charge on any atom is -0.489 e. The number of carbonyl (C=O) groups is 2. The molecule has 5 aromatic carbocycles. The van der Waals surface area contributed by atoms with E-state index in [2.05, 4.69) is 16.4 Å². The van der Waals surface area contributed by atoms with Gasteiger partial charge in [0.1, 0.15) is 41.8 Å². The quantitative estimate of drug-likeness (QED) is 0.115. The predicted molar refractivity (Wildman–Crippen MR) is 250 cm³/mol. The number of nitriles is 1. The number of hydrogen-bond acceptors (Lipinski definition) is 11. The fraction of sp³-hybridized carbons (Fsp3) is 0.240. The third-order valence-electron chi connectivity index (χ3n) is 12.0. The average molecular weight is 961 g/mol. The van der Waals surface area contributed by atoms with Gasteiger partial charge in [0, 0.05) is 32.3 Å². The Kier molecular flexibility index (Phi) is 13.3. The minimum atomic E-state index is -4.40. The summed E-state index contributed by atoms with van der Waals surface area (Å²) in [6.45, 7) is 2.51. The largest absolute Gasteiger partial charge is 0.489 e. The van der Waals surface area contributed by atoms with E-state index in [0.29, 0.717) is 88.3 Å². The van der Waals surface area contributed by atoms with Gasteiger partial charge in [0.05, 0.1) is 34.9 Å². The van der Waals surface area contributed by atoms with Crippen LogP contribution in [0.3, 0.4) is 0 Å². The number of aliphatic carboxylic acids is 1. The van der Waals surface area contributed by atoms with E-state index in [9.17, 15) is 23.1 Å². The first-order chi connectivity index (χ1) is 32.4. The van der Waals surface area contributed by atoms with Crippen molar-refractivity contribution in [3.8, 4) is 34.4 Å². The van der Waals surface area contributed by atoms with Gasteiger partial charge in [-0.05, 0) is 106 Å². The second-order valence-electron chi connectivity index (χ2n) is 16.3. The highest BCUT2D eigenvalue weighted by atomic mass is 35.5. The van der Waals surface area contributed by atoms with Gasteiger partial charge in [-0.3, -0.25) is 4.79 Å². The summed E-state index contributed by atoms with van der Waals surface area (Å²) in [6.07, 6.45) is 0.651. The zero-order valence-electron chi connectivity index (χ0n) is 35.8. The number of carboxylic acids is 1. The first-order valence-electron chi connectivity index (χ1n) is 21.5. The Labute approximate surface area is 397 Å². The van der Waals surface area contributed by atoms with Crippen molar-refractivity contribution in [3.05, 3.63) is 165 Å². The lowest BCUT2D eigenvalue weighted by molar-refractivity contribution is -0.142. The van der Waals surface area contributed by atoms with Crippen LogP contribution >= 0.6 is 23.2 Å². The van der Waals surface area contributed by atoms with Crippen molar-refractivity contribution in [1.82, 2.24) is 14.6 Å². The molecule has 0 bridgehead atoms. The summed E-state index contributed by atoms with van der Waals surface area (Å²) < 4.78 is 54.5. The van der Waals surface area contributed by atoms with E-state index in [4.69, 9.17) is 47.4 Å². The van der Waals surface area contributed by atoms with Crippen molar-refractivity contribution in [3.63, 3.8) is 0 Å². The van der Waals surface area contributed by atoms with Gasteiger partial charge in [-0.15, -0.1) is 0 Å². The van der Waals surface area contributed by atoms with Crippen LogP contribution in [0.2, 0.25) is 10.0 Å². The highest BCUT2D eigenvalue weighted by Crippen LogP contribution is 2.42. The van der Waals surface area contributed by atoms with Gasteiger partial charge in [0.25, 0.3) is 0 Å². The van der Waals surface area contributed by atoms with E-state index in [0.717, 1.165) is 26.6 Å². The molecule has 0 saturated carbocycles. The van der Waals surface area contributed by atoms with E-state index >= 15 is 0 Å². The van der Waals surface area contributed by atoms with Crippen LogP contribution in [0.1, 0.15) is 39.5 Å². The number of carboxylic acid groups (broad SMARTS) is 1. The first kappa shape index (κ1) is 45.5. The van der Waals surface area contributed by atoms with Crippen LogP contribution in [0.25, 0.3) is 11.1 Å². The molecule has 1 saturated heterocycles. The zero-order chi connectivity index (χ0) is 46.7. The lowest BCUT2D eigenvalue weighted by Gasteiger charge is -2.37. The van der Waals surface area contributed by atoms with Crippen molar-refractivity contribution < 1.29 is 42.1 Å². The Bertz CT molecular complexity index is 2950. The number of amides is 1. The van der Waals surface area contributed by atoms with Crippen molar-refractivity contribution in [2.45, 2.75) is 49.1 Å². The fourth-order valence-electron chi connectivity index (χ4n) is 8.26. The number of rotatable bonds is 13. The van der Waals surface area contributed by atoms with Gasteiger partial charge < -0.3 is 34.3 Å². The van der Waals surface area contributed by atoms with Crippen molar-refractivity contribution >= 4 is 50.9 Å². The normalized spacial score (nSPS) is 17.4. The summed E-state index contributed by atoms with van der Waals surface area (Å²) in [6, 6.07) is 33.1. The molecule has 2 N–H and O–H groups in total. The number of carbonyl (C=O) groups excluding carboxylic acids is 1. The Morgan fingerprint density at radius 3 is 2.24 bits per heavy atom. The van der Waals surface area contributed by atoms with Crippen LogP contribution < -0.4 is 24.4 Å². The van der Waals surface area contributed by atoms with E-state index in [1.807, 2.05) is 59.5 Å². The summed E-state index contributed by atoms with van der Waals surface area (Å²) in [5.41, 5.74) is 5.86. The Morgan fingerprint density at radius 2 is 1.57 bits per heavy atom. The van der Waals surface area contributed by atoms with Gasteiger partial charge in [0.15, 0.2) is 17.6 Å². The van der Waals surface area contributed by atoms with E-state index in [1.165, 1.54) is 12.3 Å².